The third kappa shape index (κ3) is 3.22. The summed E-state index contributed by atoms with van der Waals surface area (Å²) in [6.45, 7) is 4.19. The zero-order valence-corrected chi connectivity index (χ0v) is 14.4. The molecule has 1 saturated heterocycles. The Morgan fingerprint density at radius 1 is 1.43 bits per heavy atom. The molecule has 0 unspecified atom stereocenters. The first-order valence-electron chi connectivity index (χ1n) is 8.69. The van der Waals surface area contributed by atoms with E-state index in [9.17, 15) is 4.79 Å². The summed E-state index contributed by atoms with van der Waals surface area (Å²) in [5, 5.41) is 3.09. The summed E-state index contributed by atoms with van der Waals surface area (Å²) in [6.07, 6.45) is 9.13. The maximum absolute atomic E-state index is 13.1. The number of carbonyl (C=O) groups is 1. The van der Waals surface area contributed by atoms with Crippen molar-refractivity contribution in [3.05, 3.63) is 28.2 Å². The van der Waals surface area contributed by atoms with Crippen molar-refractivity contribution in [2.45, 2.75) is 45.3 Å². The Labute approximate surface area is 141 Å². The molecule has 4 nitrogen and oxygen atoms in total. The number of thiazole rings is 1. The molecular weight excluding hydrogens is 308 g/mol. The van der Waals surface area contributed by atoms with Crippen molar-refractivity contribution in [3.63, 3.8) is 0 Å². The van der Waals surface area contributed by atoms with Crippen LogP contribution in [0.4, 0.5) is 0 Å². The number of hydrogen-bond acceptors (Lipinski definition) is 4. The number of carbonyl (C=O) groups excluding carboxylic acids is 1. The molecule has 5 heteroatoms. The summed E-state index contributed by atoms with van der Waals surface area (Å²) in [7, 11) is 0. The first-order chi connectivity index (χ1) is 11.2. The van der Waals surface area contributed by atoms with E-state index in [1.165, 1.54) is 6.42 Å². The van der Waals surface area contributed by atoms with Gasteiger partial charge in [-0.2, -0.15) is 0 Å². The molecule has 1 aromatic heterocycles. The number of fused-ring (bicyclic) bond motifs is 2. The SMILES string of the molecule is Cc1csc(CN(C[C@H]2CCCO2)C(=O)[C@@H]2C[C@H]3C=C[C@H]2C3)n1. The van der Waals surface area contributed by atoms with E-state index in [1.54, 1.807) is 11.3 Å². The molecule has 1 aromatic rings. The lowest BCUT2D eigenvalue weighted by Gasteiger charge is -2.29. The molecule has 0 N–H and O–H groups in total. The Balaban J connectivity index is 1.48. The number of nitrogens with zero attached hydrogens (tertiary/aromatic N) is 2. The van der Waals surface area contributed by atoms with Gasteiger partial charge in [0, 0.05) is 30.1 Å². The minimum absolute atomic E-state index is 0.174. The van der Waals surface area contributed by atoms with Gasteiger partial charge >= 0.3 is 0 Å². The molecule has 124 valence electrons. The van der Waals surface area contributed by atoms with Crippen molar-refractivity contribution in [1.29, 1.82) is 0 Å². The van der Waals surface area contributed by atoms with Crippen LogP contribution in [0, 0.1) is 24.7 Å². The van der Waals surface area contributed by atoms with E-state index in [0.29, 0.717) is 24.3 Å². The lowest BCUT2D eigenvalue weighted by molar-refractivity contribution is -0.138. The summed E-state index contributed by atoms with van der Waals surface area (Å²) in [4.78, 5) is 19.7. The maximum Gasteiger partial charge on any atom is 0.226 e. The van der Waals surface area contributed by atoms with Crippen molar-refractivity contribution in [2.24, 2.45) is 17.8 Å². The topological polar surface area (TPSA) is 42.4 Å². The molecule has 2 heterocycles. The monoisotopic (exact) mass is 332 g/mol. The molecule has 3 aliphatic rings. The van der Waals surface area contributed by atoms with E-state index in [1.807, 2.05) is 11.8 Å². The van der Waals surface area contributed by atoms with E-state index in [-0.39, 0.29) is 12.0 Å². The second kappa shape index (κ2) is 6.36. The number of rotatable bonds is 5. The van der Waals surface area contributed by atoms with E-state index < -0.39 is 0 Å². The lowest BCUT2D eigenvalue weighted by atomic mass is 9.92. The minimum atomic E-state index is 0.174. The predicted molar refractivity (Wildman–Crippen MR) is 90.1 cm³/mol. The van der Waals surface area contributed by atoms with Crippen LogP contribution in [0.2, 0.25) is 0 Å². The molecule has 0 spiro atoms. The molecule has 0 aromatic carbocycles. The molecule has 2 bridgehead atoms. The Kier molecular flexibility index (Phi) is 4.24. The number of hydrogen-bond donors (Lipinski definition) is 0. The third-order valence-electron chi connectivity index (χ3n) is 5.35. The van der Waals surface area contributed by atoms with Crippen LogP contribution in [0.5, 0.6) is 0 Å². The zero-order chi connectivity index (χ0) is 15.8. The molecule has 4 rings (SSSR count). The third-order valence-corrected chi connectivity index (χ3v) is 6.30. The van der Waals surface area contributed by atoms with Gasteiger partial charge in [-0.3, -0.25) is 4.79 Å². The first-order valence-corrected chi connectivity index (χ1v) is 9.56. The molecule has 23 heavy (non-hydrogen) atoms. The summed E-state index contributed by atoms with van der Waals surface area (Å²) in [5.41, 5.74) is 1.04. The van der Waals surface area contributed by atoms with Crippen molar-refractivity contribution in [3.8, 4) is 0 Å². The zero-order valence-electron chi connectivity index (χ0n) is 13.6. The molecule has 2 aliphatic carbocycles. The summed E-state index contributed by atoms with van der Waals surface area (Å²) < 4.78 is 5.78. The van der Waals surface area contributed by atoms with Crippen molar-refractivity contribution < 1.29 is 9.53 Å². The van der Waals surface area contributed by atoms with Crippen LogP contribution in [-0.2, 0) is 16.1 Å². The Morgan fingerprint density at radius 3 is 2.96 bits per heavy atom. The summed E-state index contributed by atoms with van der Waals surface area (Å²) >= 11 is 1.65. The van der Waals surface area contributed by atoms with Crippen LogP contribution in [0.25, 0.3) is 0 Å². The second-order valence-electron chi connectivity index (χ2n) is 7.12. The molecule has 0 radical (unpaired) electrons. The molecule has 1 saturated carbocycles. The lowest BCUT2D eigenvalue weighted by Crippen LogP contribution is -2.41. The first kappa shape index (κ1) is 15.3. The van der Waals surface area contributed by atoms with Gasteiger partial charge in [0.05, 0.1) is 12.6 Å². The fourth-order valence-corrected chi connectivity index (χ4v) is 4.99. The number of ether oxygens (including phenoxy) is 1. The molecule has 1 aliphatic heterocycles. The highest BCUT2D eigenvalue weighted by molar-refractivity contribution is 7.09. The van der Waals surface area contributed by atoms with Crippen LogP contribution in [0.15, 0.2) is 17.5 Å². The van der Waals surface area contributed by atoms with Gasteiger partial charge in [0.2, 0.25) is 5.91 Å². The quantitative estimate of drug-likeness (QED) is 0.778. The molecule has 1 amide bonds. The Bertz CT molecular complexity index is 606. The predicted octanol–water partition coefficient (Wildman–Crippen LogP) is 3.17. The average Bonchev–Trinajstić information content (AvgIpc) is 3.31. The van der Waals surface area contributed by atoms with Gasteiger partial charge in [-0.1, -0.05) is 12.2 Å². The van der Waals surface area contributed by atoms with Crippen molar-refractivity contribution in [1.82, 2.24) is 9.88 Å². The highest BCUT2D eigenvalue weighted by Gasteiger charge is 2.42. The average molecular weight is 332 g/mol. The fourth-order valence-electron chi connectivity index (χ4n) is 4.20. The number of allylic oxidation sites excluding steroid dienone is 2. The van der Waals surface area contributed by atoms with Gasteiger partial charge in [0.15, 0.2) is 0 Å². The largest absolute Gasteiger partial charge is 0.376 e. The van der Waals surface area contributed by atoms with Gasteiger partial charge < -0.3 is 9.64 Å². The molecule has 4 atom stereocenters. The van der Waals surface area contributed by atoms with Gasteiger partial charge in [0.1, 0.15) is 5.01 Å². The van der Waals surface area contributed by atoms with Gasteiger partial charge in [-0.25, -0.2) is 4.98 Å². The summed E-state index contributed by atoms with van der Waals surface area (Å²) in [6, 6.07) is 0. The van der Waals surface area contributed by atoms with E-state index >= 15 is 0 Å². The smallest absolute Gasteiger partial charge is 0.226 e. The number of aromatic nitrogens is 1. The van der Waals surface area contributed by atoms with Crippen LogP contribution in [-0.4, -0.2) is 35.0 Å². The highest BCUT2D eigenvalue weighted by atomic mass is 32.1. The van der Waals surface area contributed by atoms with Crippen LogP contribution >= 0.6 is 11.3 Å². The van der Waals surface area contributed by atoms with Crippen LogP contribution in [0.3, 0.4) is 0 Å². The van der Waals surface area contributed by atoms with Crippen LogP contribution in [0.1, 0.15) is 36.4 Å². The van der Waals surface area contributed by atoms with Crippen molar-refractivity contribution >= 4 is 17.2 Å². The normalized spacial score (nSPS) is 31.9. The van der Waals surface area contributed by atoms with Crippen molar-refractivity contribution in [2.75, 3.05) is 13.2 Å². The fraction of sp³-hybridized carbons (Fsp3) is 0.667. The van der Waals surface area contributed by atoms with Gasteiger partial charge in [0.25, 0.3) is 0 Å². The summed E-state index contributed by atoms with van der Waals surface area (Å²) in [5.74, 6) is 1.57. The maximum atomic E-state index is 13.1. The highest BCUT2D eigenvalue weighted by Crippen LogP contribution is 2.44. The Hall–Kier alpha value is -1.20. The van der Waals surface area contributed by atoms with E-state index in [2.05, 4.69) is 22.5 Å². The number of amides is 1. The van der Waals surface area contributed by atoms with E-state index in [0.717, 1.165) is 43.1 Å². The Morgan fingerprint density at radius 2 is 2.35 bits per heavy atom. The van der Waals surface area contributed by atoms with E-state index in [4.69, 9.17) is 4.74 Å². The van der Waals surface area contributed by atoms with Gasteiger partial charge in [-0.05, 0) is 44.4 Å². The second-order valence-corrected chi connectivity index (χ2v) is 8.07. The molecular formula is C18H24N2O2S. The van der Waals surface area contributed by atoms with Crippen LogP contribution < -0.4 is 0 Å². The van der Waals surface area contributed by atoms with Gasteiger partial charge in [-0.15, -0.1) is 11.3 Å². The standard InChI is InChI=1S/C18H24N2O2S/c1-12-11-23-17(19-12)10-20(9-15-3-2-6-22-15)18(21)16-8-13-4-5-14(16)7-13/h4-5,11,13-16H,2-3,6-10H2,1H3/t13-,14-,15+,16+/m0/s1. The number of aryl methyl sites for hydroxylation is 1. The molecule has 2 fully saturated rings. The minimum Gasteiger partial charge on any atom is -0.376 e.